The lowest BCUT2D eigenvalue weighted by Gasteiger charge is -2.33. The van der Waals surface area contributed by atoms with Crippen molar-refractivity contribution in [3.05, 3.63) is 12.7 Å². The van der Waals surface area contributed by atoms with Gasteiger partial charge in [0.1, 0.15) is 5.41 Å². The van der Waals surface area contributed by atoms with Gasteiger partial charge in [0.05, 0.1) is 0 Å². The van der Waals surface area contributed by atoms with E-state index in [1.165, 1.54) is 0 Å². The summed E-state index contributed by atoms with van der Waals surface area (Å²) < 4.78 is 0. The Labute approximate surface area is 94.1 Å². The molecule has 0 aromatic heterocycles. The molecular weight excluding hydrogens is 212 g/mol. The number of amides is 2. The van der Waals surface area contributed by atoms with Gasteiger partial charge in [-0.2, -0.15) is 0 Å². The van der Waals surface area contributed by atoms with Gasteiger partial charge in [0.15, 0.2) is 5.11 Å². The summed E-state index contributed by atoms with van der Waals surface area (Å²) in [6.07, 6.45) is 3.17. The normalized spacial score (nSPS) is 19.4. The topological polar surface area (TPSA) is 58.2 Å². The van der Waals surface area contributed by atoms with Crippen LogP contribution in [-0.2, 0) is 9.59 Å². The smallest absolute Gasteiger partial charge is 0.242 e. The highest BCUT2D eigenvalue weighted by molar-refractivity contribution is 7.80. The van der Waals surface area contributed by atoms with Gasteiger partial charge in [0.25, 0.3) is 0 Å². The summed E-state index contributed by atoms with van der Waals surface area (Å²) in [5.41, 5.74) is -1.03. The first-order valence-corrected chi connectivity index (χ1v) is 5.25. The zero-order chi connectivity index (χ0) is 11.5. The quantitative estimate of drug-likeness (QED) is 0.425. The first-order valence-electron chi connectivity index (χ1n) is 4.84. The fraction of sp³-hybridized carbons (Fsp3) is 0.500. The van der Waals surface area contributed by atoms with E-state index < -0.39 is 5.41 Å². The Morgan fingerprint density at radius 2 is 1.93 bits per heavy atom. The minimum Gasteiger partial charge on any atom is -0.302 e. The van der Waals surface area contributed by atoms with Crippen LogP contribution < -0.4 is 10.6 Å². The van der Waals surface area contributed by atoms with Crippen LogP contribution in [0, 0.1) is 5.41 Å². The van der Waals surface area contributed by atoms with Crippen molar-refractivity contribution in [2.75, 3.05) is 0 Å². The van der Waals surface area contributed by atoms with Crippen molar-refractivity contribution in [1.29, 1.82) is 0 Å². The van der Waals surface area contributed by atoms with Crippen LogP contribution in [0.25, 0.3) is 0 Å². The van der Waals surface area contributed by atoms with Gasteiger partial charge in [0.2, 0.25) is 11.8 Å². The zero-order valence-electron chi connectivity index (χ0n) is 8.63. The van der Waals surface area contributed by atoms with Crippen molar-refractivity contribution in [3.63, 3.8) is 0 Å². The molecule has 0 unspecified atom stereocenters. The third-order valence-electron chi connectivity index (χ3n) is 2.49. The minimum absolute atomic E-state index is 0.0841. The Morgan fingerprint density at radius 1 is 1.40 bits per heavy atom. The van der Waals surface area contributed by atoms with Gasteiger partial charge < -0.3 is 10.6 Å². The van der Waals surface area contributed by atoms with Crippen molar-refractivity contribution in [2.24, 2.45) is 5.41 Å². The highest BCUT2D eigenvalue weighted by Gasteiger charge is 2.47. The maximum Gasteiger partial charge on any atom is 0.242 e. The zero-order valence-corrected chi connectivity index (χ0v) is 9.45. The number of rotatable bonds is 4. The standard InChI is InChI=1S/C10H14N2O2S/c1-3-5-10(6-4-2)7(13)11-9(15)12-8(10)14/h3H,1,4-6H2,2H3,(H2,11,12,13,14,15). The van der Waals surface area contributed by atoms with Crippen LogP contribution in [0.15, 0.2) is 12.7 Å². The van der Waals surface area contributed by atoms with Gasteiger partial charge in [0, 0.05) is 0 Å². The molecule has 1 aliphatic rings. The van der Waals surface area contributed by atoms with E-state index in [9.17, 15) is 9.59 Å². The molecule has 5 heteroatoms. The van der Waals surface area contributed by atoms with Gasteiger partial charge >= 0.3 is 0 Å². The molecule has 0 aromatic carbocycles. The van der Waals surface area contributed by atoms with Gasteiger partial charge in [-0.25, -0.2) is 0 Å². The highest BCUT2D eigenvalue weighted by atomic mass is 32.1. The maximum absolute atomic E-state index is 11.8. The third-order valence-corrected chi connectivity index (χ3v) is 2.70. The lowest BCUT2D eigenvalue weighted by atomic mass is 9.77. The fourth-order valence-electron chi connectivity index (χ4n) is 1.77. The fourth-order valence-corrected chi connectivity index (χ4v) is 1.95. The van der Waals surface area contributed by atoms with Crippen LogP contribution >= 0.6 is 12.2 Å². The largest absolute Gasteiger partial charge is 0.302 e. The summed E-state index contributed by atoms with van der Waals surface area (Å²) in [4.78, 5) is 23.6. The van der Waals surface area contributed by atoms with E-state index in [2.05, 4.69) is 17.2 Å². The summed E-state index contributed by atoms with van der Waals surface area (Å²) in [6.45, 7) is 5.51. The Balaban J connectivity index is 3.02. The third kappa shape index (κ3) is 2.07. The van der Waals surface area contributed by atoms with Crippen molar-refractivity contribution in [1.82, 2.24) is 10.6 Å². The van der Waals surface area contributed by atoms with Crippen LogP contribution in [0.5, 0.6) is 0 Å². The Bertz CT molecular complexity index is 305. The summed E-state index contributed by atoms with van der Waals surface area (Å²) in [6, 6.07) is 0. The van der Waals surface area contributed by atoms with Gasteiger partial charge in [-0.3, -0.25) is 9.59 Å². The predicted molar refractivity (Wildman–Crippen MR) is 61.0 cm³/mol. The molecule has 1 heterocycles. The second-order valence-electron chi connectivity index (χ2n) is 3.56. The number of carbonyl (C=O) groups excluding carboxylic acids is 2. The number of carbonyl (C=O) groups is 2. The van der Waals surface area contributed by atoms with Gasteiger partial charge in [-0.15, -0.1) is 6.58 Å². The summed E-state index contributed by atoms with van der Waals surface area (Å²) in [5.74, 6) is -0.643. The van der Waals surface area contributed by atoms with E-state index in [0.717, 1.165) is 6.42 Å². The van der Waals surface area contributed by atoms with E-state index in [-0.39, 0.29) is 16.9 Å². The monoisotopic (exact) mass is 226 g/mol. The first-order chi connectivity index (χ1) is 7.06. The van der Waals surface area contributed by atoms with E-state index in [1.54, 1.807) is 6.08 Å². The van der Waals surface area contributed by atoms with Crippen LogP contribution in [0.4, 0.5) is 0 Å². The van der Waals surface area contributed by atoms with Crippen LogP contribution in [0.1, 0.15) is 26.2 Å². The summed E-state index contributed by atoms with van der Waals surface area (Å²) >= 11 is 4.74. The van der Waals surface area contributed by atoms with Crippen LogP contribution in [0.3, 0.4) is 0 Å². The molecule has 1 aliphatic heterocycles. The molecule has 0 aliphatic carbocycles. The van der Waals surface area contributed by atoms with Crippen LogP contribution in [0.2, 0.25) is 0 Å². The average Bonchev–Trinajstić information content (AvgIpc) is 2.14. The van der Waals surface area contributed by atoms with Gasteiger partial charge in [-0.05, 0) is 25.1 Å². The Hall–Kier alpha value is -1.23. The lowest BCUT2D eigenvalue weighted by molar-refractivity contribution is -0.144. The molecule has 0 saturated carbocycles. The molecule has 82 valence electrons. The predicted octanol–water partition coefficient (Wildman–Crippen LogP) is 0.880. The van der Waals surface area contributed by atoms with Crippen molar-refractivity contribution in [2.45, 2.75) is 26.2 Å². The average molecular weight is 226 g/mol. The van der Waals surface area contributed by atoms with E-state index in [4.69, 9.17) is 12.2 Å². The van der Waals surface area contributed by atoms with E-state index in [1.807, 2.05) is 6.92 Å². The molecule has 1 rings (SSSR count). The van der Waals surface area contributed by atoms with Crippen LogP contribution in [-0.4, -0.2) is 16.9 Å². The lowest BCUT2D eigenvalue weighted by Crippen LogP contribution is -2.62. The molecule has 0 radical (unpaired) electrons. The molecular formula is C10H14N2O2S. The molecule has 0 spiro atoms. The second-order valence-corrected chi connectivity index (χ2v) is 3.97. The molecule has 15 heavy (non-hydrogen) atoms. The van der Waals surface area contributed by atoms with E-state index in [0.29, 0.717) is 12.8 Å². The molecule has 4 nitrogen and oxygen atoms in total. The molecule has 0 atom stereocenters. The molecule has 1 fully saturated rings. The number of hydrogen-bond donors (Lipinski definition) is 2. The van der Waals surface area contributed by atoms with Crippen molar-refractivity contribution >= 4 is 29.1 Å². The molecule has 0 bridgehead atoms. The minimum atomic E-state index is -1.03. The molecule has 2 amide bonds. The van der Waals surface area contributed by atoms with Crippen molar-refractivity contribution < 1.29 is 9.59 Å². The van der Waals surface area contributed by atoms with Crippen molar-refractivity contribution in [3.8, 4) is 0 Å². The summed E-state index contributed by atoms with van der Waals surface area (Å²) in [5, 5.41) is 5.05. The first kappa shape index (κ1) is 11.8. The molecule has 2 N–H and O–H groups in total. The number of thiocarbonyl (C=S) groups is 1. The SMILES string of the molecule is C=CCC1(CCC)C(=O)NC(=S)NC1=O. The molecule has 1 saturated heterocycles. The maximum atomic E-state index is 11.8. The highest BCUT2D eigenvalue weighted by Crippen LogP contribution is 2.31. The Kier molecular flexibility index (Phi) is 3.57. The number of hydrogen-bond acceptors (Lipinski definition) is 3. The summed E-state index contributed by atoms with van der Waals surface area (Å²) in [7, 11) is 0. The second kappa shape index (κ2) is 4.53. The number of allylic oxidation sites excluding steroid dienone is 1. The van der Waals surface area contributed by atoms with E-state index >= 15 is 0 Å². The Morgan fingerprint density at radius 3 is 2.33 bits per heavy atom. The number of nitrogens with one attached hydrogen (secondary N) is 2. The molecule has 0 aromatic rings. The van der Waals surface area contributed by atoms with Gasteiger partial charge in [-0.1, -0.05) is 19.4 Å².